The van der Waals surface area contributed by atoms with Crippen LogP contribution in [0.5, 0.6) is 5.75 Å². The quantitative estimate of drug-likeness (QED) is 0.858. The van der Waals surface area contributed by atoms with E-state index in [1.54, 1.807) is 18.9 Å². The maximum Gasteiger partial charge on any atom is 0.122 e. The molecule has 2 nitrogen and oxygen atoms in total. The molecule has 106 valence electrons. The summed E-state index contributed by atoms with van der Waals surface area (Å²) in [7, 11) is 1.67. The standard InChI is InChI=1S/C17H20O2S/c1-11-10-16(19-3)12(2)9-15(11)17(18)13-5-7-14(20-4)8-6-13/h5-10,17-18H,1-4H3. The molecule has 0 aliphatic carbocycles. The highest BCUT2D eigenvalue weighted by Gasteiger charge is 2.15. The fraction of sp³-hybridized carbons (Fsp3) is 0.294. The highest BCUT2D eigenvalue weighted by Crippen LogP contribution is 2.30. The van der Waals surface area contributed by atoms with Crippen LogP contribution in [0.1, 0.15) is 28.4 Å². The number of hydrogen-bond acceptors (Lipinski definition) is 3. The van der Waals surface area contributed by atoms with Crippen molar-refractivity contribution in [2.24, 2.45) is 0 Å². The van der Waals surface area contributed by atoms with Gasteiger partial charge in [0.15, 0.2) is 0 Å². The molecule has 2 rings (SSSR count). The van der Waals surface area contributed by atoms with Crippen LogP contribution in [0.25, 0.3) is 0 Å². The van der Waals surface area contributed by atoms with E-state index in [9.17, 15) is 5.11 Å². The minimum atomic E-state index is -0.601. The Kier molecular flexibility index (Phi) is 4.73. The van der Waals surface area contributed by atoms with Crippen LogP contribution in [-0.4, -0.2) is 18.5 Å². The zero-order chi connectivity index (χ0) is 14.7. The van der Waals surface area contributed by atoms with Crippen LogP contribution in [-0.2, 0) is 0 Å². The summed E-state index contributed by atoms with van der Waals surface area (Å²) in [6.07, 6.45) is 1.44. The number of methoxy groups -OCH3 is 1. The minimum absolute atomic E-state index is 0.601. The highest BCUT2D eigenvalue weighted by molar-refractivity contribution is 7.98. The van der Waals surface area contributed by atoms with E-state index in [1.165, 1.54) is 4.90 Å². The Labute approximate surface area is 124 Å². The smallest absolute Gasteiger partial charge is 0.122 e. The first kappa shape index (κ1) is 14.9. The third-order valence-corrected chi connectivity index (χ3v) is 4.25. The van der Waals surface area contributed by atoms with E-state index in [-0.39, 0.29) is 0 Å². The fourth-order valence-electron chi connectivity index (χ4n) is 2.29. The summed E-state index contributed by atoms with van der Waals surface area (Å²) in [6, 6.07) is 12.0. The molecule has 0 aromatic heterocycles. The number of ether oxygens (including phenoxy) is 1. The number of rotatable bonds is 4. The fourth-order valence-corrected chi connectivity index (χ4v) is 2.70. The summed E-state index contributed by atoms with van der Waals surface area (Å²) in [5, 5.41) is 10.6. The Hall–Kier alpha value is -1.45. The van der Waals surface area contributed by atoms with Gasteiger partial charge in [0.05, 0.1) is 7.11 Å². The second kappa shape index (κ2) is 6.33. The van der Waals surface area contributed by atoms with Gasteiger partial charge in [0.2, 0.25) is 0 Å². The third kappa shape index (κ3) is 3.00. The van der Waals surface area contributed by atoms with Crippen molar-refractivity contribution in [2.45, 2.75) is 24.8 Å². The molecule has 1 N–H and O–H groups in total. The molecule has 0 amide bonds. The first-order chi connectivity index (χ1) is 9.56. The maximum atomic E-state index is 10.6. The molecule has 1 unspecified atom stereocenters. The Balaban J connectivity index is 2.36. The summed E-state index contributed by atoms with van der Waals surface area (Å²) in [4.78, 5) is 1.20. The maximum absolute atomic E-state index is 10.6. The van der Waals surface area contributed by atoms with Crippen LogP contribution in [0.3, 0.4) is 0 Å². The van der Waals surface area contributed by atoms with Crippen LogP contribution < -0.4 is 4.74 Å². The van der Waals surface area contributed by atoms with E-state index < -0.39 is 6.10 Å². The van der Waals surface area contributed by atoms with Crippen molar-refractivity contribution in [3.05, 3.63) is 58.7 Å². The van der Waals surface area contributed by atoms with Crippen LogP contribution >= 0.6 is 11.8 Å². The molecule has 0 heterocycles. The van der Waals surface area contributed by atoms with E-state index in [2.05, 4.69) is 0 Å². The van der Waals surface area contributed by atoms with Crippen molar-refractivity contribution < 1.29 is 9.84 Å². The van der Waals surface area contributed by atoms with Crippen molar-refractivity contribution >= 4 is 11.8 Å². The lowest BCUT2D eigenvalue weighted by Gasteiger charge is -2.17. The third-order valence-electron chi connectivity index (χ3n) is 3.51. The summed E-state index contributed by atoms with van der Waals surface area (Å²) >= 11 is 1.70. The minimum Gasteiger partial charge on any atom is -0.496 e. The molecule has 0 spiro atoms. The average molecular weight is 288 g/mol. The summed E-state index contributed by atoms with van der Waals surface area (Å²) in [5.74, 6) is 0.858. The van der Waals surface area contributed by atoms with Gasteiger partial charge in [-0.1, -0.05) is 12.1 Å². The molecule has 0 aliphatic rings. The first-order valence-electron chi connectivity index (χ1n) is 6.54. The van der Waals surface area contributed by atoms with E-state index in [0.717, 1.165) is 28.0 Å². The lowest BCUT2D eigenvalue weighted by atomic mass is 9.95. The van der Waals surface area contributed by atoms with Gasteiger partial charge in [-0.15, -0.1) is 11.8 Å². The second-order valence-electron chi connectivity index (χ2n) is 4.85. The van der Waals surface area contributed by atoms with Crippen molar-refractivity contribution in [1.82, 2.24) is 0 Å². The van der Waals surface area contributed by atoms with Gasteiger partial charge >= 0.3 is 0 Å². The van der Waals surface area contributed by atoms with Crippen LogP contribution in [0.2, 0.25) is 0 Å². The predicted molar refractivity (Wildman–Crippen MR) is 84.8 cm³/mol. The number of aryl methyl sites for hydroxylation is 2. The van der Waals surface area contributed by atoms with Gasteiger partial charge in [0.25, 0.3) is 0 Å². The molecule has 0 saturated heterocycles. The topological polar surface area (TPSA) is 29.5 Å². The molecule has 2 aromatic carbocycles. The van der Waals surface area contributed by atoms with Crippen molar-refractivity contribution in [3.8, 4) is 5.75 Å². The van der Waals surface area contributed by atoms with Gasteiger partial charge in [-0.3, -0.25) is 0 Å². The largest absolute Gasteiger partial charge is 0.496 e. The average Bonchev–Trinajstić information content (AvgIpc) is 2.48. The van der Waals surface area contributed by atoms with Crippen molar-refractivity contribution in [1.29, 1.82) is 0 Å². The number of thioether (sulfide) groups is 1. The van der Waals surface area contributed by atoms with Gasteiger partial charge in [-0.2, -0.15) is 0 Å². The lowest BCUT2D eigenvalue weighted by Crippen LogP contribution is -2.03. The summed E-state index contributed by atoms with van der Waals surface area (Å²) in [5.41, 5.74) is 3.91. The normalized spacial score (nSPS) is 12.2. The highest BCUT2D eigenvalue weighted by atomic mass is 32.2. The second-order valence-corrected chi connectivity index (χ2v) is 5.73. The predicted octanol–water partition coefficient (Wildman–Crippen LogP) is 4.12. The number of aliphatic hydroxyl groups is 1. The zero-order valence-electron chi connectivity index (χ0n) is 12.3. The Morgan fingerprint density at radius 3 is 2.25 bits per heavy atom. The summed E-state index contributed by atoms with van der Waals surface area (Å²) in [6.45, 7) is 3.99. The molecule has 0 aliphatic heterocycles. The number of aliphatic hydroxyl groups excluding tert-OH is 1. The molecular weight excluding hydrogens is 268 g/mol. The van der Waals surface area contributed by atoms with Crippen LogP contribution in [0, 0.1) is 13.8 Å². The molecule has 0 fully saturated rings. The van der Waals surface area contributed by atoms with E-state index in [4.69, 9.17) is 4.74 Å². The number of benzene rings is 2. The van der Waals surface area contributed by atoms with E-state index in [0.29, 0.717) is 0 Å². The molecule has 0 bridgehead atoms. The monoisotopic (exact) mass is 288 g/mol. The summed E-state index contributed by atoms with van der Waals surface area (Å²) < 4.78 is 5.31. The van der Waals surface area contributed by atoms with Gasteiger partial charge in [-0.05, 0) is 66.6 Å². The molecule has 3 heteroatoms. The van der Waals surface area contributed by atoms with Crippen molar-refractivity contribution in [3.63, 3.8) is 0 Å². The van der Waals surface area contributed by atoms with E-state index in [1.807, 2.05) is 56.5 Å². The van der Waals surface area contributed by atoms with Gasteiger partial charge < -0.3 is 9.84 Å². The molecule has 0 saturated carbocycles. The molecule has 1 atom stereocenters. The molecule has 0 radical (unpaired) electrons. The first-order valence-corrected chi connectivity index (χ1v) is 7.76. The molecular formula is C17H20O2S. The van der Waals surface area contributed by atoms with Crippen molar-refractivity contribution in [2.75, 3.05) is 13.4 Å². The van der Waals surface area contributed by atoms with Gasteiger partial charge in [0.1, 0.15) is 11.9 Å². The lowest BCUT2D eigenvalue weighted by molar-refractivity contribution is 0.219. The van der Waals surface area contributed by atoms with E-state index >= 15 is 0 Å². The SMILES string of the molecule is COc1cc(C)c(C(O)c2ccc(SC)cc2)cc1C. The van der Waals surface area contributed by atoms with Crippen LogP contribution in [0.4, 0.5) is 0 Å². The Morgan fingerprint density at radius 2 is 1.70 bits per heavy atom. The molecule has 20 heavy (non-hydrogen) atoms. The number of hydrogen-bond donors (Lipinski definition) is 1. The van der Waals surface area contributed by atoms with Gasteiger partial charge in [0, 0.05) is 4.90 Å². The van der Waals surface area contributed by atoms with Gasteiger partial charge in [-0.25, -0.2) is 0 Å². The molecule has 2 aromatic rings. The van der Waals surface area contributed by atoms with Crippen LogP contribution in [0.15, 0.2) is 41.3 Å². The Bertz CT molecular complexity index is 591. The zero-order valence-corrected chi connectivity index (χ0v) is 13.1. The Morgan fingerprint density at radius 1 is 1.05 bits per heavy atom.